The minimum Gasteiger partial charge on any atom is -0.494 e. The molecular formula is C29H72N2P3VW+. The van der Waals surface area contributed by atoms with Crippen LogP contribution < -0.4 is 0 Å². The maximum Gasteiger partial charge on any atom is 2.00 e. The first kappa shape index (κ1) is 71.1. The van der Waals surface area contributed by atoms with Crippen LogP contribution in [0.4, 0.5) is 0 Å². The molecule has 0 aliphatic carbocycles. The van der Waals surface area contributed by atoms with Gasteiger partial charge in [0.2, 0.25) is 0 Å². The number of rotatable bonds is 6. The average molecular weight is 777 g/mol. The van der Waals surface area contributed by atoms with E-state index in [1.807, 2.05) is 123 Å². The van der Waals surface area contributed by atoms with E-state index >= 15 is 0 Å². The van der Waals surface area contributed by atoms with Gasteiger partial charge in [-0.15, -0.1) is 13.5 Å². The second-order valence-corrected chi connectivity index (χ2v) is 10.2. The van der Waals surface area contributed by atoms with Crippen LogP contribution in [0.2, 0.25) is 0 Å². The Bertz CT molecular complexity index is 376. The predicted octanol–water partition coefficient (Wildman–Crippen LogP) is 11.8. The third kappa shape index (κ3) is 65.0. The zero-order valence-corrected chi connectivity index (χ0v) is 36.2. The first-order chi connectivity index (χ1) is 16.3. The number of hydrogen-bond donors (Lipinski definition) is 0. The van der Waals surface area contributed by atoms with Crippen LogP contribution in [0.15, 0.2) is 16.7 Å². The molecule has 0 amide bonds. The minimum atomic E-state index is -0.352. The van der Waals surface area contributed by atoms with E-state index in [0.717, 1.165) is 11.1 Å². The molecule has 0 aromatic rings. The fourth-order valence-corrected chi connectivity index (χ4v) is 2.75. The van der Waals surface area contributed by atoms with Crippen molar-refractivity contribution < 1.29 is 44.0 Å². The van der Waals surface area contributed by atoms with Gasteiger partial charge in [-0.25, -0.2) is 11.1 Å². The smallest absolute Gasteiger partial charge is 0.494 e. The van der Waals surface area contributed by atoms with Crippen LogP contribution in [0.25, 0.3) is 0 Å². The minimum absolute atomic E-state index is 0. The van der Waals surface area contributed by atoms with Gasteiger partial charge >= 0.3 is 39.6 Å². The van der Waals surface area contributed by atoms with E-state index in [1.54, 1.807) is 0 Å². The molecule has 0 rings (SSSR count). The molecule has 7 heteroatoms. The third-order valence-corrected chi connectivity index (χ3v) is 5.14. The van der Waals surface area contributed by atoms with Crippen molar-refractivity contribution in [2.75, 3.05) is 20.1 Å². The van der Waals surface area contributed by atoms with Gasteiger partial charge in [0.1, 0.15) is 0 Å². The Morgan fingerprint density at radius 2 is 1.00 bits per heavy atom. The van der Waals surface area contributed by atoms with Crippen molar-refractivity contribution in [3.05, 3.63) is 36.8 Å². The van der Waals surface area contributed by atoms with Gasteiger partial charge in [-0.3, -0.25) is 6.92 Å². The molecule has 2 unspecified atom stereocenters. The average Bonchev–Trinajstić information content (AvgIpc) is 2.95. The Morgan fingerprint density at radius 1 is 0.722 bits per heavy atom. The molecule has 223 valence electrons. The van der Waals surface area contributed by atoms with Gasteiger partial charge in [-0.1, -0.05) is 125 Å². The van der Waals surface area contributed by atoms with Crippen molar-refractivity contribution in [3.63, 3.8) is 0 Å². The van der Waals surface area contributed by atoms with Gasteiger partial charge in [-0.2, -0.15) is 11.8 Å². The topological polar surface area (TPSA) is 6.25 Å². The van der Waals surface area contributed by atoms with Crippen LogP contribution in [0.5, 0.6) is 0 Å². The molecule has 0 N–H and O–H groups in total. The molecular weight excluding hydrogens is 704 g/mol. The third-order valence-electron chi connectivity index (χ3n) is 2.61. The van der Waals surface area contributed by atoms with Crippen molar-refractivity contribution in [1.82, 2.24) is 4.90 Å². The van der Waals surface area contributed by atoms with E-state index in [4.69, 9.17) is 0 Å². The molecule has 0 saturated heterocycles. The summed E-state index contributed by atoms with van der Waals surface area (Å²) in [5.74, 6) is 0. The second kappa shape index (κ2) is 83.3. The fourth-order valence-electron chi connectivity index (χ4n) is 1.21. The van der Waals surface area contributed by atoms with E-state index in [1.165, 1.54) is 5.57 Å². The van der Waals surface area contributed by atoms with Gasteiger partial charge in [-0.05, 0) is 24.9 Å². The molecule has 2 nitrogen and oxygen atoms in total. The summed E-state index contributed by atoms with van der Waals surface area (Å²) in [5, 5.41) is 0. The standard InChI is InChI=1S/C13H24N2P3.8C2H6.V.W/c1-7-14(6)9-11(3)13(5)12(4)10-15(8-2)18(16)17;8*1-2;;/h1-2,7-8,16-17H2,3-6H3;8*1-2H3;;/q-3;;;;;;;;;2*+2/b13-12+;;;;;;;;;;. The first-order valence-corrected chi connectivity index (χ1v) is 18.3. The summed E-state index contributed by atoms with van der Waals surface area (Å²) in [6.07, 6.45) is 6.66. The largest absolute Gasteiger partial charge is 2.00 e. The van der Waals surface area contributed by atoms with E-state index in [-0.39, 0.29) is 47.1 Å². The quantitative estimate of drug-likeness (QED) is 0.0856. The van der Waals surface area contributed by atoms with Gasteiger partial charge in [0, 0.05) is 12.8 Å². The predicted molar refractivity (Wildman–Crippen MR) is 181 cm³/mol. The first-order valence-electron chi connectivity index (χ1n) is 13.7. The fraction of sp³-hybridized carbons (Fsp3) is 0.759. The summed E-state index contributed by atoms with van der Waals surface area (Å²) >= 11 is 0. The van der Waals surface area contributed by atoms with Crippen molar-refractivity contribution >= 4 is 31.5 Å². The second-order valence-electron chi connectivity index (χ2n) is 4.02. The van der Waals surface area contributed by atoms with Crippen LogP contribution in [0, 0.1) is 20.0 Å². The van der Waals surface area contributed by atoms with Crippen LogP contribution in [0.3, 0.4) is 0 Å². The van der Waals surface area contributed by atoms with E-state index in [0.29, 0.717) is 13.1 Å². The molecule has 0 saturated carbocycles. The zero-order chi connectivity index (χ0) is 30.3. The van der Waals surface area contributed by atoms with Crippen molar-refractivity contribution in [2.24, 2.45) is 0 Å². The number of nitrogens with zero attached hydrogens (tertiary/aromatic N) is 2. The number of allylic oxidation sites excluding steroid dienone is 3. The van der Waals surface area contributed by atoms with Crippen LogP contribution in [-0.4, -0.2) is 35.6 Å². The molecule has 0 heterocycles. The maximum absolute atomic E-state index is 3.92. The van der Waals surface area contributed by atoms with Crippen molar-refractivity contribution in [1.29, 1.82) is 0 Å². The molecule has 0 aromatic carbocycles. The van der Waals surface area contributed by atoms with Gasteiger partial charge in [0.15, 0.2) is 7.45 Å². The summed E-state index contributed by atoms with van der Waals surface area (Å²) in [5.41, 5.74) is 3.44. The summed E-state index contributed by atoms with van der Waals surface area (Å²) in [4.78, 5) is 1.95. The van der Waals surface area contributed by atoms with Gasteiger partial charge in [0.05, 0.1) is 0 Å². The summed E-state index contributed by atoms with van der Waals surface area (Å²) in [7, 11) is 7.20. The van der Waals surface area contributed by atoms with E-state index in [9.17, 15) is 0 Å². The van der Waals surface area contributed by atoms with Gasteiger partial charge < -0.3 is 16.2 Å². The summed E-state index contributed by atoms with van der Waals surface area (Å²) in [6, 6.07) is 0. The Kier molecular flexibility index (Phi) is 165. The Labute approximate surface area is 267 Å². The molecule has 0 fully saturated rings. The van der Waals surface area contributed by atoms with Gasteiger partial charge in [0.25, 0.3) is 0 Å². The van der Waals surface area contributed by atoms with E-state index < -0.39 is 0 Å². The molecule has 0 aliphatic heterocycles. The maximum atomic E-state index is 3.92. The molecule has 0 bridgehead atoms. The van der Waals surface area contributed by atoms with Crippen LogP contribution in [0.1, 0.15) is 132 Å². The summed E-state index contributed by atoms with van der Waals surface area (Å²) in [6.45, 7) is 47.4. The molecule has 2 atom stereocenters. The van der Waals surface area contributed by atoms with Crippen LogP contribution in [-0.2, 0) is 39.6 Å². The molecule has 0 aliphatic rings. The van der Waals surface area contributed by atoms with Crippen molar-refractivity contribution in [2.45, 2.75) is 132 Å². The monoisotopic (exact) mass is 776 g/mol. The van der Waals surface area contributed by atoms with Crippen LogP contribution >= 0.6 is 25.3 Å². The molecule has 36 heavy (non-hydrogen) atoms. The van der Waals surface area contributed by atoms with E-state index in [2.05, 4.69) is 69.2 Å². The molecule has 0 aromatic heterocycles. The van der Waals surface area contributed by atoms with Crippen molar-refractivity contribution in [3.8, 4) is 0 Å². The SMILES string of the molecule is CC.CC.CC.CC.CC.CC.CC.CC.[CH2-]CN(C)[C-]=C(C)/C(C)=C(\C)[C-]=[N+](C[CH2-])P(P)P.[V+2].[W+2]. The molecule has 0 spiro atoms. The Hall–Kier alpha value is 1.51. The summed E-state index contributed by atoms with van der Waals surface area (Å²) < 4.78 is 2.10. The Balaban J connectivity index is -0.0000000328. The zero-order valence-electron chi connectivity index (χ0n) is 28.7. The normalized spacial score (nSPS) is 8.81. The Morgan fingerprint density at radius 3 is 1.19 bits per heavy atom. The number of hydrogen-bond acceptors (Lipinski definition) is 1. The molecule has 1 radical (unpaired) electrons.